The molecule has 0 bridgehead atoms. The van der Waals surface area contributed by atoms with Crippen molar-refractivity contribution in [2.24, 2.45) is 0 Å². The van der Waals surface area contributed by atoms with Gasteiger partial charge in [-0.25, -0.2) is 0 Å². The maximum atomic E-state index is 5.85. The number of aromatic nitrogens is 1. The molecule has 3 aromatic rings. The molecule has 0 aliphatic carbocycles. The van der Waals surface area contributed by atoms with Gasteiger partial charge < -0.3 is 9.47 Å². The Kier molecular flexibility index (Phi) is 5.39. The van der Waals surface area contributed by atoms with Crippen molar-refractivity contribution in [1.29, 1.82) is 0 Å². The highest BCUT2D eigenvalue weighted by molar-refractivity contribution is 7.99. The van der Waals surface area contributed by atoms with E-state index in [-0.39, 0.29) is 0 Å². The molecule has 2 aromatic carbocycles. The Bertz CT molecular complexity index is 803. The monoisotopic (exact) mass is 337 g/mol. The molecule has 3 nitrogen and oxygen atoms in total. The standard InChI is InChI=1S/C20H19NO2S/c1-15-4-3-5-16(12-15)14-23-17-6-8-18(9-7-17)24-20-13-21-11-10-19(20)22-2/h3-13H,14H2,1-2H3. The van der Waals surface area contributed by atoms with Gasteiger partial charge in [0.05, 0.1) is 12.0 Å². The lowest BCUT2D eigenvalue weighted by atomic mass is 10.1. The second-order valence-electron chi connectivity index (χ2n) is 5.38. The average molecular weight is 337 g/mol. The molecule has 0 unspecified atom stereocenters. The number of benzene rings is 2. The fraction of sp³-hybridized carbons (Fsp3) is 0.150. The largest absolute Gasteiger partial charge is 0.495 e. The van der Waals surface area contributed by atoms with Crippen molar-refractivity contribution < 1.29 is 9.47 Å². The van der Waals surface area contributed by atoms with Crippen LogP contribution in [0.15, 0.2) is 76.8 Å². The highest BCUT2D eigenvalue weighted by atomic mass is 32.2. The van der Waals surface area contributed by atoms with E-state index in [0.717, 1.165) is 21.3 Å². The lowest BCUT2D eigenvalue weighted by Gasteiger charge is -2.09. The highest BCUT2D eigenvalue weighted by Crippen LogP contribution is 2.34. The van der Waals surface area contributed by atoms with Crippen molar-refractivity contribution in [3.8, 4) is 11.5 Å². The topological polar surface area (TPSA) is 31.4 Å². The van der Waals surface area contributed by atoms with E-state index in [2.05, 4.69) is 36.2 Å². The van der Waals surface area contributed by atoms with Crippen LogP contribution in [0.2, 0.25) is 0 Å². The zero-order chi connectivity index (χ0) is 16.8. The van der Waals surface area contributed by atoms with Gasteiger partial charge in [0.2, 0.25) is 0 Å². The van der Waals surface area contributed by atoms with Gasteiger partial charge in [-0.1, -0.05) is 41.6 Å². The van der Waals surface area contributed by atoms with E-state index in [0.29, 0.717) is 6.61 Å². The Morgan fingerprint density at radius 1 is 1.04 bits per heavy atom. The molecule has 1 heterocycles. The van der Waals surface area contributed by atoms with Crippen molar-refractivity contribution in [3.05, 3.63) is 78.1 Å². The number of ether oxygens (including phenoxy) is 2. The first-order valence-corrected chi connectivity index (χ1v) is 8.50. The Hall–Kier alpha value is -2.46. The number of aryl methyl sites for hydroxylation is 1. The Morgan fingerprint density at radius 2 is 1.88 bits per heavy atom. The third-order valence-electron chi connectivity index (χ3n) is 3.51. The van der Waals surface area contributed by atoms with E-state index in [1.54, 1.807) is 25.1 Å². The summed E-state index contributed by atoms with van der Waals surface area (Å²) in [6, 6.07) is 18.3. The van der Waals surface area contributed by atoms with Crippen LogP contribution < -0.4 is 9.47 Å². The van der Waals surface area contributed by atoms with E-state index in [1.165, 1.54) is 11.1 Å². The second-order valence-corrected chi connectivity index (χ2v) is 6.49. The number of hydrogen-bond acceptors (Lipinski definition) is 4. The third kappa shape index (κ3) is 4.30. The van der Waals surface area contributed by atoms with Gasteiger partial charge in [-0.05, 0) is 42.8 Å². The number of nitrogens with zero attached hydrogens (tertiary/aromatic N) is 1. The summed E-state index contributed by atoms with van der Waals surface area (Å²) < 4.78 is 11.2. The molecule has 122 valence electrons. The second kappa shape index (κ2) is 7.88. The molecule has 0 radical (unpaired) electrons. The summed E-state index contributed by atoms with van der Waals surface area (Å²) in [5.41, 5.74) is 2.42. The molecule has 1 aromatic heterocycles. The van der Waals surface area contributed by atoms with E-state index in [9.17, 15) is 0 Å². The number of rotatable bonds is 6. The molecule has 0 atom stereocenters. The predicted octanol–water partition coefficient (Wildman–Crippen LogP) is 5.13. The minimum Gasteiger partial charge on any atom is -0.495 e. The fourth-order valence-electron chi connectivity index (χ4n) is 2.31. The first kappa shape index (κ1) is 16.4. The molecule has 0 fully saturated rings. The smallest absolute Gasteiger partial charge is 0.135 e. The van der Waals surface area contributed by atoms with Crippen LogP contribution in [0.25, 0.3) is 0 Å². The van der Waals surface area contributed by atoms with Crippen molar-refractivity contribution in [2.75, 3.05) is 7.11 Å². The first-order chi connectivity index (χ1) is 11.7. The molecule has 0 aliphatic heterocycles. The summed E-state index contributed by atoms with van der Waals surface area (Å²) in [6.07, 6.45) is 3.54. The van der Waals surface area contributed by atoms with Gasteiger partial charge in [-0.15, -0.1) is 0 Å². The van der Waals surface area contributed by atoms with E-state index < -0.39 is 0 Å². The van der Waals surface area contributed by atoms with Gasteiger partial charge in [0.15, 0.2) is 0 Å². The Morgan fingerprint density at radius 3 is 2.62 bits per heavy atom. The highest BCUT2D eigenvalue weighted by Gasteiger charge is 2.05. The maximum Gasteiger partial charge on any atom is 0.135 e. The number of pyridine rings is 1. The third-order valence-corrected chi connectivity index (χ3v) is 4.54. The summed E-state index contributed by atoms with van der Waals surface area (Å²) in [4.78, 5) is 6.26. The molecule has 0 aliphatic rings. The summed E-state index contributed by atoms with van der Waals surface area (Å²) in [5, 5.41) is 0. The molecule has 0 amide bonds. The molecule has 0 saturated carbocycles. The average Bonchev–Trinajstić information content (AvgIpc) is 2.62. The van der Waals surface area contributed by atoms with Crippen LogP contribution in [-0.2, 0) is 6.61 Å². The lowest BCUT2D eigenvalue weighted by Crippen LogP contribution is -1.95. The van der Waals surface area contributed by atoms with Crippen LogP contribution in [-0.4, -0.2) is 12.1 Å². The molecule has 0 saturated heterocycles. The van der Waals surface area contributed by atoms with Crippen molar-refractivity contribution >= 4 is 11.8 Å². The van der Waals surface area contributed by atoms with Gasteiger partial charge >= 0.3 is 0 Å². The van der Waals surface area contributed by atoms with Gasteiger partial charge in [-0.3, -0.25) is 4.98 Å². The van der Waals surface area contributed by atoms with Gasteiger partial charge in [-0.2, -0.15) is 0 Å². The molecule has 3 rings (SSSR count). The van der Waals surface area contributed by atoms with Crippen LogP contribution in [0, 0.1) is 6.92 Å². The van der Waals surface area contributed by atoms with Crippen LogP contribution in [0.3, 0.4) is 0 Å². The Balaban J connectivity index is 1.63. The number of methoxy groups -OCH3 is 1. The molecular weight excluding hydrogens is 318 g/mol. The van der Waals surface area contributed by atoms with E-state index in [4.69, 9.17) is 9.47 Å². The Labute approximate surface area is 146 Å². The van der Waals surface area contributed by atoms with E-state index in [1.807, 2.05) is 36.5 Å². The molecular formula is C20H19NO2S. The van der Waals surface area contributed by atoms with Crippen molar-refractivity contribution in [3.63, 3.8) is 0 Å². The SMILES string of the molecule is COc1ccncc1Sc1ccc(OCc2cccc(C)c2)cc1. The molecule has 0 N–H and O–H groups in total. The van der Waals surface area contributed by atoms with Crippen LogP contribution in [0.1, 0.15) is 11.1 Å². The number of hydrogen-bond donors (Lipinski definition) is 0. The van der Waals surface area contributed by atoms with Crippen LogP contribution >= 0.6 is 11.8 Å². The minimum atomic E-state index is 0.574. The van der Waals surface area contributed by atoms with Crippen molar-refractivity contribution in [1.82, 2.24) is 4.98 Å². The maximum absolute atomic E-state index is 5.85. The minimum absolute atomic E-state index is 0.574. The fourth-order valence-corrected chi connectivity index (χ4v) is 3.20. The summed E-state index contributed by atoms with van der Waals surface area (Å²) in [7, 11) is 1.67. The normalized spacial score (nSPS) is 10.4. The predicted molar refractivity (Wildman–Crippen MR) is 96.9 cm³/mol. The molecule has 0 spiro atoms. The summed E-state index contributed by atoms with van der Waals surface area (Å²) in [6.45, 7) is 2.66. The quantitative estimate of drug-likeness (QED) is 0.624. The zero-order valence-electron chi connectivity index (χ0n) is 13.7. The summed E-state index contributed by atoms with van der Waals surface area (Å²) >= 11 is 1.62. The van der Waals surface area contributed by atoms with Gasteiger partial charge in [0.25, 0.3) is 0 Å². The van der Waals surface area contributed by atoms with Crippen LogP contribution in [0.4, 0.5) is 0 Å². The van der Waals surface area contributed by atoms with Gasteiger partial charge in [0.1, 0.15) is 18.1 Å². The molecule has 4 heteroatoms. The van der Waals surface area contributed by atoms with Crippen LogP contribution in [0.5, 0.6) is 11.5 Å². The summed E-state index contributed by atoms with van der Waals surface area (Å²) in [5.74, 6) is 1.69. The zero-order valence-corrected chi connectivity index (χ0v) is 14.5. The van der Waals surface area contributed by atoms with E-state index >= 15 is 0 Å². The molecule has 24 heavy (non-hydrogen) atoms. The lowest BCUT2D eigenvalue weighted by molar-refractivity contribution is 0.306. The van der Waals surface area contributed by atoms with Crippen molar-refractivity contribution in [2.45, 2.75) is 23.3 Å². The first-order valence-electron chi connectivity index (χ1n) is 7.69. The van der Waals surface area contributed by atoms with Gasteiger partial charge in [0, 0.05) is 17.3 Å².